The van der Waals surface area contributed by atoms with E-state index in [4.69, 9.17) is 4.74 Å². The van der Waals surface area contributed by atoms with Crippen molar-refractivity contribution >= 4 is 23.2 Å². The third-order valence-corrected chi connectivity index (χ3v) is 3.13. The molecule has 0 unspecified atom stereocenters. The van der Waals surface area contributed by atoms with Gasteiger partial charge in [-0.2, -0.15) is 0 Å². The Labute approximate surface area is 111 Å². The second kappa shape index (κ2) is 5.26. The van der Waals surface area contributed by atoms with Gasteiger partial charge in [-0.1, -0.05) is 19.9 Å². The highest BCUT2D eigenvalue weighted by Gasteiger charge is 2.18. The predicted molar refractivity (Wildman–Crippen MR) is 73.7 cm³/mol. The first-order valence-corrected chi connectivity index (χ1v) is 6.36. The maximum atomic E-state index is 11.8. The summed E-state index contributed by atoms with van der Waals surface area (Å²) in [6.07, 6.45) is 0.704. The number of hydrogen-bond acceptors (Lipinski definition) is 3. The average molecular weight is 259 g/mol. The van der Waals surface area contributed by atoms with Crippen LogP contribution in [0.1, 0.15) is 53.1 Å². The third kappa shape index (κ3) is 2.38. The number of H-pyrrole nitrogens is 1. The first-order chi connectivity index (χ1) is 9.08. The molecule has 0 atom stereocenters. The summed E-state index contributed by atoms with van der Waals surface area (Å²) in [5, 5.41) is 0.768. The van der Waals surface area contributed by atoms with Crippen LogP contribution in [0.2, 0.25) is 0 Å². The standard InChI is InChI=1S/C15H17NO3/c1-4-19-15(18)14-12(8-17)11-7-10(9(2)3)5-6-13(11)16-14/h5-9,16H,4H2,1-3H3. The number of aromatic nitrogens is 1. The van der Waals surface area contributed by atoms with Crippen LogP contribution in [0.25, 0.3) is 10.9 Å². The van der Waals surface area contributed by atoms with Crippen LogP contribution in [0.15, 0.2) is 18.2 Å². The van der Waals surface area contributed by atoms with Gasteiger partial charge in [0.2, 0.25) is 0 Å². The van der Waals surface area contributed by atoms with Crippen molar-refractivity contribution in [3.63, 3.8) is 0 Å². The van der Waals surface area contributed by atoms with E-state index >= 15 is 0 Å². The van der Waals surface area contributed by atoms with Crippen molar-refractivity contribution in [2.45, 2.75) is 26.7 Å². The van der Waals surface area contributed by atoms with Gasteiger partial charge in [-0.25, -0.2) is 4.79 Å². The van der Waals surface area contributed by atoms with E-state index in [9.17, 15) is 9.59 Å². The molecule has 0 aliphatic rings. The molecule has 0 amide bonds. The predicted octanol–water partition coefficient (Wildman–Crippen LogP) is 3.28. The molecule has 0 aliphatic heterocycles. The van der Waals surface area contributed by atoms with Gasteiger partial charge >= 0.3 is 5.97 Å². The number of rotatable bonds is 4. The Morgan fingerprint density at radius 2 is 2.16 bits per heavy atom. The van der Waals surface area contributed by atoms with Gasteiger partial charge in [0.1, 0.15) is 5.69 Å². The number of carbonyl (C=O) groups excluding carboxylic acids is 2. The topological polar surface area (TPSA) is 59.2 Å². The summed E-state index contributed by atoms with van der Waals surface area (Å²) < 4.78 is 4.95. The lowest BCUT2D eigenvalue weighted by Crippen LogP contribution is -2.07. The van der Waals surface area contributed by atoms with E-state index in [1.807, 2.05) is 18.2 Å². The van der Waals surface area contributed by atoms with Crippen LogP contribution >= 0.6 is 0 Å². The van der Waals surface area contributed by atoms with E-state index in [-0.39, 0.29) is 12.3 Å². The van der Waals surface area contributed by atoms with Crippen LogP contribution in [0, 0.1) is 0 Å². The quantitative estimate of drug-likeness (QED) is 0.677. The second-order valence-electron chi connectivity index (χ2n) is 4.71. The first-order valence-electron chi connectivity index (χ1n) is 6.36. The molecule has 0 fully saturated rings. The summed E-state index contributed by atoms with van der Waals surface area (Å²) in [6, 6.07) is 5.83. The summed E-state index contributed by atoms with van der Waals surface area (Å²) >= 11 is 0. The van der Waals surface area contributed by atoms with Crippen molar-refractivity contribution in [1.29, 1.82) is 0 Å². The minimum atomic E-state index is -0.494. The smallest absolute Gasteiger partial charge is 0.355 e. The molecule has 0 saturated heterocycles. The Hall–Kier alpha value is -2.10. The van der Waals surface area contributed by atoms with Crippen LogP contribution in [0.4, 0.5) is 0 Å². The molecule has 2 rings (SSSR count). The second-order valence-corrected chi connectivity index (χ2v) is 4.71. The van der Waals surface area contributed by atoms with E-state index < -0.39 is 5.97 Å². The molecule has 100 valence electrons. The van der Waals surface area contributed by atoms with Crippen molar-refractivity contribution in [2.75, 3.05) is 6.61 Å². The normalized spacial score (nSPS) is 10.9. The van der Waals surface area contributed by atoms with Crippen LogP contribution in [-0.2, 0) is 4.74 Å². The Morgan fingerprint density at radius 3 is 2.74 bits per heavy atom. The van der Waals surface area contributed by atoms with Gasteiger partial charge in [0.05, 0.1) is 12.2 Å². The Bertz CT molecular complexity index is 626. The number of aldehydes is 1. The summed E-state index contributed by atoms with van der Waals surface area (Å²) in [6.45, 7) is 6.18. The zero-order valence-corrected chi connectivity index (χ0v) is 11.3. The molecular weight excluding hydrogens is 242 g/mol. The largest absolute Gasteiger partial charge is 0.461 e. The molecule has 4 nitrogen and oxygen atoms in total. The summed E-state index contributed by atoms with van der Waals surface area (Å²) in [5.74, 6) is -0.128. The molecule has 0 bridgehead atoms. The zero-order chi connectivity index (χ0) is 14.0. The molecular formula is C15H17NO3. The molecule has 0 spiro atoms. The van der Waals surface area contributed by atoms with Crippen molar-refractivity contribution < 1.29 is 14.3 Å². The number of aromatic amines is 1. The summed E-state index contributed by atoms with van der Waals surface area (Å²) in [5.41, 5.74) is 2.50. The lowest BCUT2D eigenvalue weighted by atomic mass is 10.0. The first kappa shape index (κ1) is 13.3. The maximum absolute atomic E-state index is 11.8. The van der Waals surface area contributed by atoms with E-state index in [1.54, 1.807) is 6.92 Å². The lowest BCUT2D eigenvalue weighted by Gasteiger charge is -2.04. The minimum absolute atomic E-state index is 0.229. The highest BCUT2D eigenvalue weighted by atomic mass is 16.5. The monoisotopic (exact) mass is 259 g/mol. The van der Waals surface area contributed by atoms with E-state index in [1.165, 1.54) is 0 Å². The van der Waals surface area contributed by atoms with Crippen LogP contribution in [0.3, 0.4) is 0 Å². The lowest BCUT2D eigenvalue weighted by molar-refractivity contribution is 0.0518. The molecule has 19 heavy (non-hydrogen) atoms. The Kier molecular flexibility index (Phi) is 3.69. The number of benzene rings is 1. The molecule has 2 aromatic rings. The number of fused-ring (bicyclic) bond motifs is 1. The van der Waals surface area contributed by atoms with Gasteiger partial charge in [-0.3, -0.25) is 4.79 Å². The van der Waals surface area contributed by atoms with E-state index in [0.29, 0.717) is 17.8 Å². The van der Waals surface area contributed by atoms with Gasteiger partial charge in [-0.15, -0.1) is 0 Å². The highest BCUT2D eigenvalue weighted by molar-refractivity contribution is 6.08. The highest BCUT2D eigenvalue weighted by Crippen LogP contribution is 2.26. The average Bonchev–Trinajstić information content (AvgIpc) is 2.76. The molecule has 4 heteroatoms. The molecule has 1 heterocycles. The molecule has 1 N–H and O–H groups in total. The van der Waals surface area contributed by atoms with Gasteiger partial charge < -0.3 is 9.72 Å². The minimum Gasteiger partial charge on any atom is -0.461 e. The number of carbonyl (C=O) groups is 2. The summed E-state index contributed by atoms with van der Waals surface area (Å²) in [4.78, 5) is 26.0. The zero-order valence-electron chi connectivity index (χ0n) is 11.3. The number of hydrogen-bond donors (Lipinski definition) is 1. The van der Waals surface area contributed by atoms with Crippen LogP contribution < -0.4 is 0 Å². The number of ether oxygens (including phenoxy) is 1. The van der Waals surface area contributed by atoms with Gasteiger partial charge in [0.25, 0.3) is 0 Å². The Morgan fingerprint density at radius 1 is 1.42 bits per heavy atom. The van der Waals surface area contributed by atoms with Crippen LogP contribution in [-0.4, -0.2) is 23.8 Å². The van der Waals surface area contributed by atoms with Crippen molar-refractivity contribution in [1.82, 2.24) is 4.98 Å². The van der Waals surface area contributed by atoms with Gasteiger partial charge in [0.15, 0.2) is 6.29 Å². The van der Waals surface area contributed by atoms with E-state index in [2.05, 4.69) is 18.8 Å². The molecule has 1 aromatic heterocycles. The van der Waals surface area contributed by atoms with Crippen molar-refractivity contribution in [3.05, 3.63) is 35.0 Å². The molecule has 0 radical (unpaired) electrons. The van der Waals surface area contributed by atoms with E-state index in [0.717, 1.165) is 16.5 Å². The third-order valence-electron chi connectivity index (χ3n) is 3.13. The number of esters is 1. The fourth-order valence-corrected chi connectivity index (χ4v) is 2.08. The van der Waals surface area contributed by atoms with Crippen molar-refractivity contribution in [3.8, 4) is 0 Å². The van der Waals surface area contributed by atoms with Crippen molar-refractivity contribution in [2.24, 2.45) is 0 Å². The Balaban J connectivity index is 2.61. The van der Waals surface area contributed by atoms with Gasteiger partial charge in [-0.05, 0) is 30.5 Å². The molecule has 0 aliphatic carbocycles. The van der Waals surface area contributed by atoms with Crippen LogP contribution in [0.5, 0.6) is 0 Å². The fourth-order valence-electron chi connectivity index (χ4n) is 2.08. The van der Waals surface area contributed by atoms with Gasteiger partial charge in [0, 0.05) is 10.9 Å². The SMILES string of the molecule is CCOC(=O)c1[nH]c2ccc(C(C)C)cc2c1C=O. The molecule has 1 aromatic carbocycles. The number of nitrogens with one attached hydrogen (secondary N) is 1. The summed E-state index contributed by atoms with van der Waals surface area (Å²) in [7, 11) is 0. The maximum Gasteiger partial charge on any atom is 0.355 e. The fraction of sp³-hybridized carbons (Fsp3) is 0.333. The molecule has 0 saturated carbocycles.